The number of likely N-dealkylation sites (tertiary alicyclic amines) is 1. The van der Waals surface area contributed by atoms with Crippen LogP contribution in [0.25, 0.3) is 15.9 Å². The molecule has 4 aromatic rings. The lowest BCUT2D eigenvalue weighted by molar-refractivity contribution is 0.103. The first kappa shape index (κ1) is 22.8. The average Bonchev–Trinajstić information content (AvgIpc) is 3.15. The first-order valence-electron chi connectivity index (χ1n) is 11.0. The van der Waals surface area contributed by atoms with E-state index < -0.39 is 11.9 Å². The van der Waals surface area contributed by atoms with E-state index in [1.807, 2.05) is 31.2 Å². The number of amides is 1. The number of carbonyl (C=O) groups is 2. The third-order valence-corrected chi connectivity index (χ3v) is 7.29. The topological polar surface area (TPSA) is 91.6 Å². The fourth-order valence-corrected chi connectivity index (χ4v) is 5.48. The maximum absolute atomic E-state index is 13.9. The predicted molar refractivity (Wildman–Crippen MR) is 134 cm³/mol. The number of hydrogen-bond acceptors (Lipinski definition) is 5. The molecule has 1 saturated heterocycles. The molecule has 9 heteroatoms. The third kappa shape index (κ3) is 4.08. The zero-order valence-corrected chi connectivity index (χ0v) is 19.9. The van der Waals surface area contributed by atoms with E-state index in [9.17, 15) is 18.8 Å². The molecule has 3 heterocycles. The fraction of sp³-hybridized carbons (Fsp3) is 0.192. The highest BCUT2D eigenvalue weighted by Gasteiger charge is 2.32. The molecule has 5 rings (SSSR count). The number of ketones is 1. The lowest BCUT2D eigenvalue weighted by Crippen LogP contribution is -2.56. The highest BCUT2D eigenvalue weighted by atomic mass is 32.1. The number of pyridine rings is 1. The van der Waals surface area contributed by atoms with Crippen molar-refractivity contribution in [1.29, 1.82) is 0 Å². The Bertz CT molecular complexity index is 1530. The summed E-state index contributed by atoms with van der Waals surface area (Å²) in [6.45, 7) is 4.14. The molecule has 0 atom stereocenters. The second kappa shape index (κ2) is 8.66. The number of hydrogen-bond donors (Lipinski definition) is 2. The van der Waals surface area contributed by atoms with Crippen LogP contribution in [0.15, 0.2) is 59.4 Å². The van der Waals surface area contributed by atoms with E-state index in [0.29, 0.717) is 37.6 Å². The largest absolute Gasteiger partial charge is 0.465 e. The third-order valence-electron chi connectivity index (χ3n) is 6.17. The number of aryl methyl sites for hydroxylation is 2. The normalized spacial score (nSPS) is 13.6. The second-order valence-corrected chi connectivity index (χ2v) is 9.69. The van der Waals surface area contributed by atoms with Gasteiger partial charge < -0.3 is 15.3 Å². The van der Waals surface area contributed by atoms with Crippen LogP contribution < -0.4 is 10.9 Å². The average molecular weight is 492 g/mol. The molecular weight excluding hydrogens is 469 g/mol. The molecule has 0 saturated carbocycles. The van der Waals surface area contributed by atoms with Crippen LogP contribution in [-0.4, -0.2) is 45.6 Å². The maximum atomic E-state index is 13.9. The molecule has 178 valence electrons. The first-order valence-corrected chi connectivity index (χ1v) is 11.9. The van der Waals surface area contributed by atoms with Crippen LogP contribution in [0.4, 0.5) is 14.2 Å². The summed E-state index contributed by atoms with van der Waals surface area (Å²) in [4.78, 5) is 39.7. The molecule has 0 spiro atoms. The van der Waals surface area contributed by atoms with Crippen LogP contribution >= 0.6 is 11.3 Å². The molecule has 1 aliphatic heterocycles. The summed E-state index contributed by atoms with van der Waals surface area (Å²) in [5.74, 6) is -0.697. The van der Waals surface area contributed by atoms with Gasteiger partial charge in [-0.2, -0.15) is 0 Å². The van der Waals surface area contributed by atoms with Crippen LogP contribution in [0.3, 0.4) is 0 Å². The van der Waals surface area contributed by atoms with E-state index in [-0.39, 0.29) is 30.5 Å². The molecule has 35 heavy (non-hydrogen) atoms. The van der Waals surface area contributed by atoms with Crippen molar-refractivity contribution in [2.45, 2.75) is 19.9 Å². The van der Waals surface area contributed by atoms with Crippen molar-refractivity contribution in [3.63, 3.8) is 0 Å². The standard InChI is InChI=1S/C26H22FN3O4S/c1-14-3-6-18(7-4-14)30-21(31)10-8-19-22(23(32)16-5-9-20(27)15(2)11-16)24(35-25(19)30)28-17-12-29(13-17)26(33)34/h3-11,17,28H,12-13H2,1-2H3,(H,33,34). The molecule has 0 unspecified atom stereocenters. The highest BCUT2D eigenvalue weighted by molar-refractivity contribution is 7.23. The van der Waals surface area contributed by atoms with Crippen LogP contribution in [0, 0.1) is 19.7 Å². The van der Waals surface area contributed by atoms with Gasteiger partial charge in [-0.05, 0) is 55.8 Å². The summed E-state index contributed by atoms with van der Waals surface area (Å²) in [6, 6.07) is 14.7. The molecule has 1 aliphatic rings. The van der Waals surface area contributed by atoms with E-state index >= 15 is 0 Å². The molecule has 0 aliphatic carbocycles. The lowest BCUT2D eigenvalue weighted by atomic mass is 10.00. The Morgan fingerprint density at radius 3 is 2.43 bits per heavy atom. The quantitative estimate of drug-likeness (QED) is 0.391. The van der Waals surface area contributed by atoms with Crippen LogP contribution in [0.5, 0.6) is 0 Å². The SMILES string of the molecule is Cc1ccc(-n2c(=O)ccc3c(C(=O)c4ccc(F)c(C)c4)c(NC4CN(C(=O)O)C4)sc32)cc1. The number of carboxylic acid groups (broad SMARTS) is 1. The van der Waals surface area contributed by atoms with E-state index in [1.54, 1.807) is 17.6 Å². The molecule has 2 aromatic carbocycles. The number of anilines is 1. The summed E-state index contributed by atoms with van der Waals surface area (Å²) < 4.78 is 15.4. The minimum absolute atomic E-state index is 0.166. The van der Waals surface area contributed by atoms with Crippen molar-refractivity contribution in [3.05, 3.63) is 93.0 Å². The number of carbonyl (C=O) groups excluding carboxylic acids is 1. The first-order chi connectivity index (χ1) is 16.7. The Kier molecular flexibility index (Phi) is 5.64. The number of nitrogens with zero attached hydrogens (tertiary/aromatic N) is 2. The molecule has 1 fully saturated rings. The number of benzene rings is 2. The summed E-state index contributed by atoms with van der Waals surface area (Å²) in [5, 5.41) is 13.6. The Morgan fingerprint density at radius 2 is 1.77 bits per heavy atom. The molecular formula is C26H22FN3O4S. The van der Waals surface area contributed by atoms with Crippen molar-refractivity contribution in [2.75, 3.05) is 18.4 Å². The Labute approximate surface area is 204 Å². The fourth-order valence-electron chi connectivity index (χ4n) is 4.19. The lowest BCUT2D eigenvalue weighted by Gasteiger charge is -2.37. The van der Waals surface area contributed by atoms with E-state index in [1.165, 1.54) is 40.5 Å². The van der Waals surface area contributed by atoms with Gasteiger partial charge in [-0.25, -0.2) is 9.18 Å². The molecule has 0 radical (unpaired) electrons. The van der Waals surface area contributed by atoms with Gasteiger partial charge in [0, 0.05) is 30.1 Å². The van der Waals surface area contributed by atoms with Gasteiger partial charge >= 0.3 is 6.09 Å². The zero-order chi connectivity index (χ0) is 24.9. The molecule has 1 amide bonds. The van der Waals surface area contributed by atoms with Crippen molar-refractivity contribution < 1.29 is 19.1 Å². The Hall–Kier alpha value is -3.98. The minimum atomic E-state index is -0.995. The van der Waals surface area contributed by atoms with Gasteiger partial charge in [-0.1, -0.05) is 29.0 Å². The summed E-state index contributed by atoms with van der Waals surface area (Å²) in [6.07, 6.45) is -0.995. The van der Waals surface area contributed by atoms with Gasteiger partial charge in [-0.3, -0.25) is 14.2 Å². The van der Waals surface area contributed by atoms with Gasteiger partial charge in [0.05, 0.1) is 17.3 Å². The maximum Gasteiger partial charge on any atom is 0.407 e. The van der Waals surface area contributed by atoms with Gasteiger partial charge in [0.25, 0.3) is 5.56 Å². The van der Waals surface area contributed by atoms with Gasteiger partial charge in [0.1, 0.15) is 15.6 Å². The minimum Gasteiger partial charge on any atom is -0.465 e. The van der Waals surface area contributed by atoms with E-state index in [2.05, 4.69) is 5.32 Å². The number of halogens is 1. The predicted octanol–water partition coefficient (Wildman–Crippen LogP) is 4.81. The van der Waals surface area contributed by atoms with Crippen molar-refractivity contribution in [1.82, 2.24) is 9.47 Å². The van der Waals surface area contributed by atoms with E-state index in [0.717, 1.165) is 5.56 Å². The second-order valence-electron chi connectivity index (χ2n) is 8.69. The molecule has 2 N–H and O–H groups in total. The number of thiophene rings is 1. The molecule has 7 nitrogen and oxygen atoms in total. The number of nitrogens with one attached hydrogen (secondary N) is 1. The Morgan fingerprint density at radius 1 is 1.06 bits per heavy atom. The van der Waals surface area contributed by atoms with E-state index in [4.69, 9.17) is 5.11 Å². The smallest absolute Gasteiger partial charge is 0.407 e. The van der Waals surface area contributed by atoms with Crippen LogP contribution in [0.1, 0.15) is 27.0 Å². The summed E-state index contributed by atoms with van der Waals surface area (Å²) in [7, 11) is 0. The van der Waals surface area contributed by atoms with Crippen molar-refractivity contribution >= 4 is 38.4 Å². The highest BCUT2D eigenvalue weighted by Crippen LogP contribution is 2.38. The summed E-state index contributed by atoms with van der Waals surface area (Å²) >= 11 is 1.27. The summed E-state index contributed by atoms with van der Waals surface area (Å²) in [5.41, 5.74) is 2.57. The van der Waals surface area contributed by atoms with Gasteiger partial charge in [-0.15, -0.1) is 0 Å². The zero-order valence-electron chi connectivity index (χ0n) is 19.0. The van der Waals surface area contributed by atoms with Crippen LogP contribution in [-0.2, 0) is 0 Å². The monoisotopic (exact) mass is 491 g/mol. The van der Waals surface area contributed by atoms with Gasteiger partial charge in [0.2, 0.25) is 0 Å². The molecule has 2 aromatic heterocycles. The number of fused-ring (bicyclic) bond motifs is 1. The number of aromatic nitrogens is 1. The van der Waals surface area contributed by atoms with Crippen LogP contribution in [0.2, 0.25) is 0 Å². The van der Waals surface area contributed by atoms with Crippen molar-refractivity contribution in [3.8, 4) is 5.69 Å². The van der Waals surface area contributed by atoms with Crippen molar-refractivity contribution in [2.24, 2.45) is 0 Å². The number of rotatable bonds is 5. The van der Waals surface area contributed by atoms with Gasteiger partial charge in [0.15, 0.2) is 5.78 Å². The Balaban J connectivity index is 1.67. The molecule has 0 bridgehead atoms.